The van der Waals surface area contributed by atoms with Crippen molar-refractivity contribution in [2.75, 3.05) is 0 Å². The van der Waals surface area contributed by atoms with Crippen molar-refractivity contribution in [3.63, 3.8) is 0 Å². The topological polar surface area (TPSA) is 71.4 Å². The molecule has 0 saturated heterocycles. The van der Waals surface area contributed by atoms with Crippen molar-refractivity contribution in [3.05, 3.63) is 0 Å². The van der Waals surface area contributed by atoms with Crippen LogP contribution in [-0.4, -0.2) is 22.6 Å². The van der Waals surface area contributed by atoms with Gasteiger partial charge in [-0.25, -0.2) is 0 Å². The lowest BCUT2D eigenvalue weighted by Crippen LogP contribution is -2.61. The smallest absolute Gasteiger partial charge is 0.309 e. The van der Waals surface area contributed by atoms with E-state index in [4.69, 9.17) is 0 Å². The summed E-state index contributed by atoms with van der Waals surface area (Å²) in [7, 11) is 0. The van der Waals surface area contributed by atoms with E-state index in [9.17, 15) is 19.5 Å². The minimum Gasteiger partial charge on any atom is -0.481 e. The largest absolute Gasteiger partial charge is 0.481 e. The van der Waals surface area contributed by atoms with Crippen LogP contribution in [0, 0.1) is 33.5 Å². The van der Waals surface area contributed by atoms with Crippen LogP contribution in [0.15, 0.2) is 0 Å². The molecule has 4 fully saturated rings. The Morgan fingerprint density at radius 1 is 1.04 bits per heavy atom. The van der Waals surface area contributed by atoms with Gasteiger partial charge in [-0.15, -0.1) is 0 Å². The molecule has 0 radical (unpaired) electrons. The quantitative estimate of drug-likeness (QED) is 0.796. The Kier molecular flexibility index (Phi) is 3.05. The number of rotatable bonds is 1. The first kappa shape index (κ1) is 16.3. The molecule has 0 aromatic rings. The molecule has 24 heavy (non-hydrogen) atoms. The zero-order valence-electron chi connectivity index (χ0n) is 15.0. The number of hydrogen-bond acceptors (Lipinski definition) is 3. The van der Waals surface area contributed by atoms with Crippen molar-refractivity contribution in [1.82, 2.24) is 0 Å². The molecule has 2 bridgehead atoms. The van der Waals surface area contributed by atoms with Crippen LogP contribution in [0.1, 0.15) is 72.1 Å². The number of aliphatic carboxylic acids is 1. The van der Waals surface area contributed by atoms with Gasteiger partial charge < -0.3 is 5.11 Å². The molecular formula is C20H28O4. The number of carboxylic acid groups (broad SMARTS) is 1. The van der Waals surface area contributed by atoms with Gasteiger partial charge in [0.1, 0.15) is 11.6 Å². The fourth-order valence-corrected chi connectivity index (χ4v) is 7.36. The van der Waals surface area contributed by atoms with Gasteiger partial charge >= 0.3 is 5.97 Å². The van der Waals surface area contributed by atoms with E-state index in [1.165, 1.54) is 0 Å². The van der Waals surface area contributed by atoms with E-state index in [2.05, 4.69) is 6.92 Å². The standard InChI is InChI=1S/C20H28O4/c1-17-8-5-12-18(2)6-4-7-19(3,16(23)24)13(18)9-14(21)20(12,11-17)10-15(17)22/h12-13H,4-11H2,1-3H3,(H,23,24)/t12-,13-,17-,18-,19+,20+/m0/s1. The van der Waals surface area contributed by atoms with Gasteiger partial charge in [-0.3, -0.25) is 14.4 Å². The van der Waals surface area contributed by atoms with Gasteiger partial charge in [0.2, 0.25) is 0 Å². The second kappa shape index (κ2) is 4.50. The van der Waals surface area contributed by atoms with E-state index >= 15 is 0 Å². The Morgan fingerprint density at radius 3 is 2.42 bits per heavy atom. The van der Waals surface area contributed by atoms with Crippen molar-refractivity contribution < 1.29 is 19.5 Å². The summed E-state index contributed by atoms with van der Waals surface area (Å²) in [6, 6.07) is 0. The van der Waals surface area contributed by atoms with E-state index in [-0.39, 0.29) is 34.2 Å². The molecule has 1 spiro atoms. The third-order valence-electron chi connectivity index (χ3n) is 8.71. The van der Waals surface area contributed by atoms with Crippen molar-refractivity contribution in [1.29, 1.82) is 0 Å². The third kappa shape index (κ3) is 1.68. The molecule has 4 nitrogen and oxygen atoms in total. The van der Waals surface area contributed by atoms with Crippen LogP contribution < -0.4 is 0 Å². The number of hydrogen-bond donors (Lipinski definition) is 1. The van der Waals surface area contributed by atoms with Gasteiger partial charge in [0.05, 0.1) is 5.41 Å². The van der Waals surface area contributed by atoms with Gasteiger partial charge in [0, 0.05) is 23.7 Å². The number of carboxylic acids is 1. The Labute approximate surface area is 143 Å². The summed E-state index contributed by atoms with van der Waals surface area (Å²) in [5.41, 5.74) is -1.76. The van der Waals surface area contributed by atoms with Crippen LogP contribution in [0.3, 0.4) is 0 Å². The first-order valence-electron chi connectivity index (χ1n) is 9.39. The highest BCUT2D eigenvalue weighted by atomic mass is 16.4. The molecule has 4 aliphatic rings. The molecule has 0 amide bonds. The zero-order chi connectivity index (χ0) is 17.5. The van der Waals surface area contributed by atoms with Gasteiger partial charge in [-0.1, -0.05) is 20.3 Å². The van der Waals surface area contributed by atoms with Gasteiger partial charge in [-0.2, -0.15) is 0 Å². The SMILES string of the molecule is C[C@@]12CC[C@@H]3[C@@](CC1=O)(C2)C(=O)C[C@H]1[C@@]3(C)CCC[C@@]1(C)C(=O)O. The number of fused-ring (bicyclic) bond motifs is 3. The second-order valence-electron chi connectivity index (χ2n) is 9.85. The summed E-state index contributed by atoms with van der Waals surface area (Å²) in [4.78, 5) is 37.9. The molecule has 0 heterocycles. The zero-order valence-corrected chi connectivity index (χ0v) is 15.0. The maximum Gasteiger partial charge on any atom is 0.309 e. The molecule has 132 valence electrons. The van der Waals surface area contributed by atoms with Crippen molar-refractivity contribution >= 4 is 17.5 Å². The summed E-state index contributed by atoms with van der Waals surface area (Å²) in [6.45, 7) is 6.10. The van der Waals surface area contributed by atoms with Crippen LogP contribution in [0.2, 0.25) is 0 Å². The minimum atomic E-state index is -0.812. The summed E-state index contributed by atoms with van der Waals surface area (Å²) >= 11 is 0. The van der Waals surface area contributed by atoms with E-state index in [1.807, 2.05) is 13.8 Å². The van der Waals surface area contributed by atoms with Gasteiger partial charge in [0.25, 0.3) is 0 Å². The lowest BCUT2D eigenvalue weighted by atomic mass is 9.40. The van der Waals surface area contributed by atoms with Crippen LogP contribution in [0.5, 0.6) is 0 Å². The molecule has 4 heteroatoms. The summed E-state index contributed by atoms with van der Waals surface area (Å²) < 4.78 is 0. The Hall–Kier alpha value is -1.19. The molecule has 4 aliphatic carbocycles. The van der Waals surface area contributed by atoms with Gasteiger partial charge in [-0.05, 0) is 56.3 Å². The number of carbonyl (C=O) groups excluding carboxylic acids is 2. The predicted octanol–water partition coefficient (Wildman–Crippen LogP) is 3.62. The molecule has 0 aromatic carbocycles. The van der Waals surface area contributed by atoms with E-state index < -0.39 is 16.8 Å². The summed E-state index contributed by atoms with van der Waals surface area (Å²) in [6.07, 6.45) is 5.76. The molecule has 1 N–H and O–H groups in total. The Bertz CT molecular complexity index is 654. The minimum absolute atomic E-state index is 0.0977. The van der Waals surface area contributed by atoms with Crippen LogP contribution in [-0.2, 0) is 14.4 Å². The monoisotopic (exact) mass is 332 g/mol. The first-order chi connectivity index (χ1) is 11.1. The lowest BCUT2D eigenvalue weighted by molar-refractivity contribution is -0.186. The Morgan fingerprint density at radius 2 is 1.75 bits per heavy atom. The molecule has 4 saturated carbocycles. The number of carbonyl (C=O) groups is 3. The molecule has 0 unspecified atom stereocenters. The molecule has 6 atom stereocenters. The molecule has 4 rings (SSSR count). The summed E-state index contributed by atoms with van der Waals surface area (Å²) in [5, 5.41) is 9.88. The van der Waals surface area contributed by atoms with E-state index in [0.29, 0.717) is 25.7 Å². The van der Waals surface area contributed by atoms with E-state index in [0.717, 1.165) is 25.7 Å². The van der Waals surface area contributed by atoms with Crippen molar-refractivity contribution in [2.45, 2.75) is 72.1 Å². The Balaban J connectivity index is 1.82. The maximum atomic E-state index is 13.3. The number of ketones is 2. The van der Waals surface area contributed by atoms with Gasteiger partial charge in [0.15, 0.2) is 0 Å². The molecule has 0 aromatic heterocycles. The summed E-state index contributed by atoms with van der Waals surface area (Å²) in [5.74, 6) is -0.238. The highest BCUT2D eigenvalue weighted by Crippen LogP contribution is 2.71. The van der Waals surface area contributed by atoms with Crippen LogP contribution in [0.25, 0.3) is 0 Å². The normalized spacial score (nSPS) is 53.5. The maximum absolute atomic E-state index is 13.3. The van der Waals surface area contributed by atoms with Crippen LogP contribution >= 0.6 is 0 Å². The first-order valence-corrected chi connectivity index (χ1v) is 9.39. The second-order valence-corrected chi connectivity index (χ2v) is 9.85. The molecule has 0 aliphatic heterocycles. The highest BCUT2D eigenvalue weighted by Gasteiger charge is 2.71. The molecular weight excluding hydrogens is 304 g/mol. The predicted molar refractivity (Wildman–Crippen MR) is 88.3 cm³/mol. The highest BCUT2D eigenvalue weighted by molar-refractivity contribution is 5.99. The lowest BCUT2D eigenvalue weighted by Gasteiger charge is -2.62. The fraction of sp³-hybridized carbons (Fsp3) is 0.850. The third-order valence-corrected chi connectivity index (χ3v) is 8.71. The van der Waals surface area contributed by atoms with Crippen molar-refractivity contribution in [2.24, 2.45) is 33.5 Å². The fourth-order valence-electron chi connectivity index (χ4n) is 7.36. The average molecular weight is 332 g/mol. The average Bonchev–Trinajstić information content (AvgIpc) is 2.68. The van der Waals surface area contributed by atoms with E-state index in [1.54, 1.807) is 0 Å². The van der Waals surface area contributed by atoms with Crippen LogP contribution in [0.4, 0.5) is 0 Å². The number of Topliss-reactive ketones (excluding diaryl/α,β-unsaturated/α-hetero) is 2. The van der Waals surface area contributed by atoms with Crippen molar-refractivity contribution in [3.8, 4) is 0 Å².